The Morgan fingerprint density at radius 3 is 2.65 bits per heavy atom. The molecule has 1 atom stereocenters. The molecule has 0 radical (unpaired) electrons. The Balaban J connectivity index is 2.50. The van der Waals surface area contributed by atoms with Gasteiger partial charge in [-0.3, -0.25) is 4.79 Å². The van der Waals surface area contributed by atoms with Crippen molar-refractivity contribution in [3.05, 3.63) is 28.2 Å². The molecule has 0 aliphatic heterocycles. The van der Waals surface area contributed by atoms with Crippen LogP contribution in [0.2, 0.25) is 0 Å². The maximum atomic E-state index is 11.8. The summed E-state index contributed by atoms with van der Waals surface area (Å²) in [6.07, 6.45) is 0.864. The minimum atomic E-state index is -0.571. The first-order valence-electron chi connectivity index (χ1n) is 6.55. The number of halogens is 1. The van der Waals surface area contributed by atoms with Gasteiger partial charge in [0, 0.05) is 16.7 Å². The van der Waals surface area contributed by atoms with Crippen LogP contribution in [0.4, 0.5) is 10.5 Å². The Kier molecular flexibility index (Phi) is 6.51. The van der Waals surface area contributed by atoms with E-state index < -0.39 is 12.1 Å². The van der Waals surface area contributed by atoms with E-state index in [1.54, 1.807) is 13.0 Å². The third-order valence-corrected chi connectivity index (χ3v) is 3.60. The summed E-state index contributed by atoms with van der Waals surface area (Å²) in [4.78, 5) is 23.4. The van der Waals surface area contributed by atoms with Crippen LogP contribution in [0, 0.1) is 6.92 Å². The van der Waals surface area contributed by atoms with E-state index in [0.29, 0.717) is 12.2 Å². The molecule has 1 aromatic rings. The first kappa shape index (κ1) is 16.5. The fourth-order valence-corrected chi connectivity index (χ4v) is 1.80. The van der Waals surface area contributed by atoms with E-state index in [1.165, 1.54) is 0 Å². The SMILES string of the molecule is CCCNC(=O)C(C)NC(=O)Nc1ccc(Br)c(C)c1. The van der Waals surface area contributed by atoms with Crippen LogP contribution >= 0.6 is 15.9 Å². The molecule has 6 heteroatoms. The largest absolute Gasteiger partial charge is 0.354 e. The predicted molar refractivity (Wildman–Crippen MR) is 83.8 cm³/mol. The van der Waals surface area contributed by atoms with Crippen molar-refractivity contribution in [2.75, 3.05) is 11.9 Å². The van der Waals surface area contributed by atoms with Crippen LogP contribution in [0.3, 0.4) is 0 Å². The summed E-state index contributed by atoms with van der Waals surface area (Å²) in [6, 6.07) is 4.54. The minimum absolute atomic E-state index is 0.186. The molecule has 0 aromatic heterocycles. The summed E-state index contributed by atoms with van der Waals surface area (Å²) in [6.45, 7) is 6.17. The molecule has 0 bridgehead atoms. The molecule has 20 heavy (non-hydrogen) atoms. The lowest BCUT2D eigenvalue weighted by molar-refractivity contribution is -0.122. The van der Waals surface area contributed by atoms with Gasteiger partial charge in [-0.2, -0.15) is 0 Å². The second-order valence-corrected chi connectivity index (χ2v) is 5.43. The number of aryl methyl sites for hydroxylation is 1. The van der Waals surface area contributed by atoms with Gasteiger partial charge in [0.1, 0.15) is 6.04 Å². The van der Waals surface area contributed by atoms with Gasteiger partial charge < -0.3 is 16.0 Å². The van der Waals surface area contributed by atoms with Gasteiger partial charge in [-0.15, -0.1) is 0 Å². The average Bonchev–Trinajstić information content (AvgIpc) is 2.40. The number of amides is 3. The topological polar surface area (TPSA) is 70.2 Å². The molecule has 110 valence electrons. The highest BCUT2D eigenvalue weighted by molar-refractivity contribution is 9.10. The number of carbonyl (C=O) groups excluding carboxylic acids is 2. The number of hydrogen-bond acceptors (Lipinski definition) is 2. The van der Waals surface area contributed by atoms with E-state index in [1.807, 2.05) is 26.0 Å². The zero-order valence-corrected chi connectivity index (χ0v) is 13.5. The van der Waals surface area contributed by atoms with E-state index in [0.717, 1.165) is 16.5 Å². The number of carbonyl (C=O) groups is 2. The lowest BCUT2D eigenvalue weighted by Crippen LogP contribution is -2.46. The van der Waals surface area contributed by atoms with Crippen LogP contribution in [0.25, 0.3) is 0 Å². The van der Waals surface area contributed by atoms with Crippen molar-refractivity contribution in [2.24, 2.45) is 0 Å². The second-order valence-electron chi connectivity index (χ2n) is 4.58. The van der Waals surface area contributed by atoms with Gasteiger partial charge in [0.05, 0.1) is 0 Å². The smallest absolute Gasteiger partial charge is 0.319 e. The molecule has 1 unspecified atom stereocenters. The normalized spacial score (nSPS) is 11.6. The molecule has 0 saturated heterocycles. The third-order valence-electron chi connectivity index (χ3n) is 2.71. The molecule has 5 nitrogen and oxygen atoms in total. The Bertz CT molecular complexity index is 491. The van der Waals surface area contributed by atoms with E-state index >= 15 is 0 Å². The summed E-state index contributed by atoms with van der Waals surface area (Å²) < 4.78 is 0.982. The van der Waals surface area contributed by atoms with Crippen LogP contribution in [0.15, 0.2) is 22.7 Å². The molecule has 0 heterocycles. The maximum Gasteiger partial charge on any atom is 0.319 e. The molecule has 0 spiro atoms. The van der Waals surface area contributed by atoms with Crippen molar-refractivity contribution >= 4 is 33.6 Å². The zero-order valence-electron chi connectivity index (χ0n) is 11.9. The summed E-state index contributed by atoms with van der Waals surface area (Å²) in [5.74, 6) is -0.186. The molecule has 0 fully saturated rings. The van der Waals surface area contributed by atoms with E-state index in [4.69, 9.17) is 0 Å². The summed E-state index contributed by atoms with van der Waals surface area (Å²) in [5.41, 5.74) is 1.71. The summed E-state index contributed by atoms with van der Waals surface area (Å²) in [5, 5.41) is 8.03. The third kappa shape index (κ3) is 5.21. The molecule has 3 N–H and O–H groups in total. The van der Waals surface area contributed by atoms with E-state index in [9.17, 15) is 9.59 Å². The second kappa shape index (κ2) is 7.89. The Morgan fingerprint density at radius 2 is 2.05 bits per heavy atom. The summed E-state index contributed by atoms with van der Waals surface area (Å²) in [7, 11) is 0. The number of anilines is 1. The number of urea groups is 1. The molecular weight excluding hydrogens is 322 g/mol. The molecular formula is C14H20BrN3O2. The fourth-order valence-electron chi connectivity index (χ4n) is 1.55. The molecule has 1 aromatic carbocycles. The Hall–Kier alpha value is -1.56. The predicted octanol–water partition coefficient (Wildman–Crippen LogP) is 2.79. The van der Waals surface area contributed by atoms with Crippen molar-refractivity contribution in [2.45, 2.75) is 33.2 Å². The van der Waals surface area contributed by atoms with Crippen molar-refractivity contribution < 1.29 is 9.59 Å². The monoisotopic (exact) mass is 341 g/mol. The number of rotatable bonds is 5. The minimum Gasteiger partial charge on any atom is -0.354 e. The number of nitrogens with one attached hydrogen (secondary N) is 3. The fraction of sp³-hybridized carbons (Fsp3) is 0.429. The van der Waals surface area contributed by atoms with Crippen molar-refractivity contribution in [3.63, 3.8) is 0 Å². The van der Waals surface area contributed by atoms with Crippen molar-refractivity contribution in [1.29, 1.82) is 0 Å². The van der Waals surface area contributed by atoms with Crippen LogP contribution in [-0.2, 0) is 4.79 Å². The van der Waals surface area contributed by atoms with Gasteiger partial charge in [0.2, 0.25) is 5.91 Å². The van der Waals surface area contributed by atoms with Gasteiger partial charge in [0.15, 0.2) is 0 Å². The average molecular weight is 342 g/mol. The first-order valence-corrected chi connectivity index (χ1v) is 7.34. The highest BCUT2D eigenvalue weighted by atomic mass is 79.9. The molecule has 0 aliphatic rings. The zero-order chi connectivity index (χ0) is 15.1. The van der Waals surface area contributed by atoms with Crippen LogP contribution < -0.4 is 16.0 Å². The van der Waals surface area contributed by atoms with Gasteiger partial charge >= 0.3 is 6.03 Å². The first-order chi connectivity index (χ1) is 9.43. The molecule has 1 rings (SSSR count). The van der Waals surface area contributed by atoms with E-state index in [-0.39, 0.29) is 5.91 Å². The highest BCUT2D eigenvalue weighted by Gasteiger charge is 2.14. The Labute approximate surface area is 127 Å². The quantitative estimate of drug-likeness (QED) is 0.770. The molecule has 0 aliphatic carbocycles. The summed E-state index contributed by atoms with van der Waals surface area (Å²) >= 11 is 3.40. The van der Waals surface area contributed by atoms with Crippen molar-refractivity contribution in [1.82, 2.24) is 10.6 Å². The number of benzene rings is 1. The van der Waals surface area contributed by atoms with Crippen molar-refractivity contribution in [3.8, 4) is 0 Å². The Morgan fingerprint density at radius 1 is 1.35 bits per heavy atom. The standard InChI is InChI=1S/C14H20BrN3O2/c1-4-7-16-13(19)10(3)17-14(20)18-11-5-6-12(15)9(2)8-11/h5-6,8,10H,4,7H2,1-3H3,(H,16,19)(H2,17,18,20). The maximum absolute atomic E-state index is 11.8. The van der Waals surface area contributed by atoms with Gasteiger partial charge in [-0.05, 0) is 44.0 Å². The lowest BCUT2D eigenvalue weighted by Gasteiger charge is -2.14. The van der Waals surface area contributed by atoms with E-state index in [2.05, 4.69) is 31.9 Å². The van der Waals surface area contributed by atoms with Gasteiger partial charge in [0.25, 0.3) is 0 Å². The molecule has 3 amide bonds. The highest BCUT2D eigenvalue weighted by Crippen LogP contribution is 2.19. The van der Waals surface area contributed by atoms with Gasteiger partial charge in [-0.1, -0.05) is 22.9 Å². The van der Waals surface area contributed by atoms with Gasteiger partial charge in [-0.25, -0.2) is 4.79 Å². The van der Waals surface area contributed by atoms with Crippen LogP contribution in [-0.4, -0.2) is 24.5 Å². The van der Waals surface area contributed by atoms with Crippen LogP contribution in [0.5, 0.6) is 0 Å². The lowest BCUT2D eigenvalue weighted by atomic mass is 10.2. The molecule has 0 saturated carbocycles. The van der Waals surface area contributed by atoms with Crippen LogP contribution in [0.1, 0.15) is 25.8 Å². The number of hydrogen-bond donors (Lipinski definition) is 3.